The molecule has 0 fully saturated rings. The molecule has 0 aliphatic heterocycles. The molecule has 1 aromatic heterocycles. The van der Waals surface area contributed by atoms with Crippen LogP contribution in [0.4, 0.5) is 0 Å². The predicted octanol–water partition coefficient (Wildman–Crippen LogP) is 2.84. The molecule has 0 amide bonds. The molecule has 0 aliphatic carbocycles. The quantitative estimate of drug-likeness (QED) is 0.846. The zero-order valence-corrected chi connectivity index (χ0v) is 12.0. The first-order valence-electron chi connectivity index (χ1n) is 6.21. The Morgan fingerprint density at radius 2 is 2.26 bits per heavy atom. The van der Waals surface area contributed by atoms with Crippen molar-refractivity contribution in [1.82, 2.24) is 10.3 Å². The summed E-state index contributed by atoms with van der Waals surface area (Å²) in [5.74, 6) is 1.71. The fraction of sp³-hybridized carbons (Fsp3) is 0.357. The standard InChI is InChI=1S/C14H18N2O2S/c1-3-15-7-11-6-13(17-2)4-5-14(11)18-8-12-9-19-10-16-12/h4-6,9-10,15H,3,7-8H2,1-2H3. The van der Waals surface area contributed by atoms with Gasteiger partial charge in [0.2, 0.25) is 0 Å². The molecule has 0 saturated carbocycles. The third-order valence-corrected chi connectivity index (χ3v) is 3.33. The highest BCUT2D eigenvalue weighted by Gasteiger charge is 2.06. The van der Waals surface area contributed by atoms with Crippen molar-refractivity contribution in [1.29, 1.82) is 0 Å². The summed E-state index contributed by atoms with van der Waals surface area (Å²) in [6.07, 6.45) is 0. The fourth-order valence-electron chi connectivity index (χ4n) is 1.68. The molecule has 2 aromatic rings. The average molecular weight is 278 g/mol. The molecule has 0 bridgehead atoms. The molecule has 102 valence electrons. The molecule has 4 nitrogen and oxygen atoms in total. The van der Waals surface area contributed by atoms with Crippen molar-refractivity contribution in [2.45, 2.75) is 20.1 Å². The Bertz CT molecular complexity index is 500. The number of ether oxygens (including phenoxy) is 2. The van der Waals surface area contributed by atoms with Crippen LogP contribution in [0.25, 0.3) is 0 Å². The third kappa shape index (κ3) is 3.94. The number of benzene rings is 1. The van der Waals surface area contributed by atoms with E-state index in [1.54, 1.807) is 18.4 Å². The zero-order chi connectivity index (χ0) is 13.5. The molecule has 5 heteroatoms. The Labute approximate surface area is 117 Å². The van der Waals surface area contributed by atoms with Crippen molar-refractivity contribution in [3.05, 3.63) is 40.3 Å². The number of nitrogens with zero attached hydrogens (tertiary/aromatic N) is 1. The Morgan fingerprint density at radius 3 is 2.95 bits per heavy atom. The van der Waals surface area contributed by atoms with Crippen LogP contribution in [0.15, 0.2) is 29.1 Å². The number of methoxy groups -OCH3 is 1. The minimum atomic E-state index is 0.495. The molecule has 1 N–H and O–H groups in total. The van der Waals surface area contributed by atoms with Crippen LogP contribution >= 0.6 is 11.3 Å². The van der Waals surface area contributed by atoms with Crippen molar-refractivity contribution < 1.29 is 9.47 Å². The SMILES string of the molecule is CCNCc1cc(OC)ccc1OCc1cscn1. The minimum absolute atomic E-state index is 0.495. The van der Waals surface area contributed by atoms with Crippen LogP contribution in [0.1, 0.15) is 18.2 Å². The van der Waals surface area contributed by atoms with Gasteiger partial charge in [-0.25, -0.2) is 4.98 Å². The summed E-state index contributed by atoms with van der Waals surface area (Å²) in [5.41, 5.74) is 3.86. The van der Waals surface area contributed by atoms with Gasteiger partial charge in [-0.2, -0.15) is 0 Å². The predicted molar refractivity (Wildman–Crippen MR) is 76.8 cm³/mol. The number of thiazole rings is 1. The van der Waals surface area contributed by atoms with Crippen molar-refractivity contribution in [3.8, 4) is 11.5 Å². The number of hydrogen-bond acceptors (Lipinski definition) is 5. The molecule has 0 saturated heterocycles. The van der Waals surface area contributed by atoms with E-state index >= 15 is 0 Å². The maximum absolute atomic E-state index is 5.83. The molecule has 0 aliphatic rings. The molecule has 0 spiro atoms. The summed E-state index contributed by atoms with van der Waals surface area (Å²) < 4.78 is 11.1. The second kappa shape index (κ2) is 7.11. The summed E-state index contributed by atoms with van der Waals surface area (Å²) in [7, 11) is 1.67. The second-order valence-electron chi connectivity index (χ2n) is 4.02. The topological polar surface area (TPSA) is 43.4 Å². The van der Waals surface area contributed by atoms with Gasteiger partial charge >= 0.3 is 0 Å². The Balaban J connectivity index is 2.08. The first kappa shape index (κ1) is 13.8. The lowest BCUT2D eigenvalue weighted by Crippen LogP contribution is -2.13. The first-order valence-corrected chi connectivity index (χ1v) is 7.15. The van der Waals surface area contributed by atoms with Gasteiger partial charge in [-0.1, -0.05) is 6.92 Å². The van der Waals surface area contributed by atoms with E-state index < -0.39 is 0 Å². The van der Waals surface area contributed by atoms with E-state index in [2.05, 4.69) is 17.2 Å². The number of nitrogens with one attached hydrogen (secondary N) is 1. The van der Waals surface area contributed by atoms with E-state index in [1.165, 1.54) is 0 Å². The Hall–Kier alpha value is -1.59. The molecule has 0 radical (unpaired) electrons. The highest BCUT2D eigenvalue weighted by Crippen LogP contribution is 2.25. The van der Waals surface area contributed by atoms with Crippen LogP contribution in [0.2, 0.25) is 0 Å². The summed E-state index contributed by atoms with van der Waals surface area (Å²) in [5, 5.41) is 5.29. The lowest BCUT2D eigenvalue weighted by molar-refractivity contribution is 0.297. The van der Waals surface area contributed by atoms with Gasteiger partial charge in [-0.15, -0.1) is 11.3 Å². The average Bonchev–Trinajstić information content (AvgIpc) is 2.96. The number of hydrogen-bond donors (Lipinski definition) is 1. The third-order valence-electron chi connectivity index (χ3n) is 2.69. The molecule has 1 aromatic carbocycles. The van der Waals surface area contributed by atoms with Gasteiger partial charge in [-0.05, 0) is 24.7 Å². The monoisotopic (exact) mass is 278 g/mol. The van der Waals surface area contributed by atoms with Gasteiger partial charge in [0.05, 0.1) is 18.3 Å². The normalized spacial score (nSPS) is 10.4. The van der Waals surface area contributed by atoms with Gasteiger partial charge in [-0.3, -0.25) is 0 Å². The number of aromatic nitrogens is 1. The van der Waals surface area contributed by atoms with Crippen LogP contribution in [0.5, 0.6) is 11.5 Å². The fourth-order valence-corrected chi connectivity index (χ4v) is 2.23. The molecule has 19 heavy (non-hydrogen) atoms. The van der Waals surface area contributed by atoms with Crippen LogP contribution < -0.4 is 14.8 Å². The lowest BCUT2D eigenvalue weighted by Gasteiger charge is -2.12. The maximum Gasteiger partial charge on any atom is 0.131 e. The summed E-state index contributed by atoms with van der Waals surface area (Å²) in [6.45, 7) is 4.26. The highest BCUT2D eigenvalue weighted by atomic mass is 32.1. The molecule has 1 heterocycles. The molecule has 2 rings (SSSR count). The minimum Gasteiger partial charge on any atom is -0.497 e. The van der Waals surface area contributed by atoms with Crippen LogP contribution in [0, 0.1) is 0 Å². The van der Waals surface area contributed by atoms with Gasteiger partial charge in [0, 0.05) is 17.5 Å². The van der Waals surface area contributed by atoms with Crippen molar-refractivity contribution >= 4 is 11.3 Å². The van der Waals surface area contributed by atoms with Crippen molar-refractivity contribution in [2.75, 3.05) is 13.7 Å². The smallest absolute Gasteiger partial charge is 0.131 e. The van der Waals surface area contributed by atoms with E-state index in [4.69, 9.17) is 9.47 Å². The van der Waals surface area contributed by atoms with E-state index in [-0.39, 0.29) is 0 Å². The van der Waals surface area contributed by atoms with Gasteiger partial charge in [0.1, 0.15) is 18.1 Å². The summed E-state index contributed by atoms with van der Waals surface area (Å²) in [4.78, 5) is 4.21. The van der Waals surface area contributed by atoms with Crippen molar-refractivity contribution in [3.63, 3.8) is 0 Å². The lowest BCUT2D eigenvalue weighted by atomic mass is 10.2. The molecular formula is C14H18N2O2S. The zero-order valence-electron chi connectivity index (χ0n) is 11.2. The Kier molecular flexibility index (Phi) is 5.18. The van der Waals surface area contributed by atoms with Gasteiger partial charge in [0.15, 0.2) is 0 Å². The van der Waals surface area contributed by atoms with E-state index in [0.717, 1.165) is 35.8 Å². The van der Waals surface area contributed by atoms with E-state index in [0.29, 0.717) is 6.61 Å². The first-order chi connectivity index (χ1) is 9.33. The summed E-state index contributed by atoms with van der Waals surface area (Å²) in [6, 6.07) is 5.85. The molecule has 0 unspecified atom stereocenters. The second-order valence-corrected chi connectivity index (χ2v) is 4.74. The molecule has 0 atom stereocenters. The molecular weight excluding hydrogens is 260 g/mol. The largest absolute Gasteiger partial charge is 0.497 e. The Morgan fingerprint density at radius 1 is 1.37 bits per heavy atom. The van der Waals surface area contributed by atoms with Crippen LogP contribution in [-0.4, -0.2) is 18.6 Å². The van der Waals surface area contributed by atoms with E-state index in [9.17, 15) is 0 Å². The van der Waals surface area contributed by atoms with Gasteiger partial charge < -0.3 is 14.8 Å². The maximum atomic E-state index is 5.83. The van der Waals surface area contributed by atoms with E-state index in [1.807, 2.05) is 29.1 Å². The van der Waals surface area contributed by atoms with Gasteiger partial charge in [0.25, 0.3) is 0 Å². The highest BCUT2D eigenvalue weighted by molar-refractivity contribution is 7.07. The van der Waals surface area contributed by atoms with Crippen LogP contribution in [-0.2, 0) is 13.2 Å². The van der Waals surface area contributed by atoms with Crippen LogP contribution in [0.3, 0.4) is 0 Å². The summed E-state index contributed by atoms with van der Waals surface area (Å²) >= 11 is 1.58. The van der Waals surface area contributed by atoms with Crippen molar-refractivity contribution in [2.24, 2.45) is 0 Å². The number of rotatable bonds is 7.